The first-order chi connectivity index (χ1) is 10.1. The lowest BCUT2D eigenvalue weighted by Crippen LogP contribution is -2.41. The molecule has 0 radical (unpaired) electrons. The number of aryl methyl sites for hydroxylation is 2. The van der Waals surface area contributed by atoms with Gasteiger partial charge in [-0.15, -0.1) is 0 Å². The van der Waals surface area contributed by atoms with Crippen molar-refractivity contribution in [2.24, 2.45) is 5.73 Å². The average Bonchev–Trinajstić information content (AvgIpc) is 2.95. The Hall–Kier alpha value is -1.94. The van der Waals surface area contributed by atoms with Crippen LogP contribution >= 0.6 is 0 Å². The standard InChI is InChI=1S/C17H19NO3/c1-9-6-11-13(17(8-18)4-3-5-17)15-12(7-10(2)20-15)14(19)16(11)21-9/h6-7,19H,3-5,8,18H2,1-2H3. The van der Waals surface area contributed by atoms with E-state index in [4.69, 9.17) is 14.6 Å². The molecular weight excluding hydrogens is 266 g/mol. The van der Waals surface area contributed by atoms with Crippen molar-refractivity contribution in [3.8, 4) is 5.75 Å². The summed E-state index contributed by atoms with van der Waals surface area (Å²) in [5.41, 5.74) is 8.48. The summed E-state index contributed by atoms with van der Waals surface area (Å²) in [6, 6.07) is 3.85. The molecule has 2 heterocycles. The third kappa shape index (κ3) is 1.54. The summed E-state index contributed by atoms with van der Waals surface area (Å²) >= 11 is 0. The summed E-state index contributed by atoms with van der Waals surface area (Å²) in [6.45, 7) is 4.38. The molecular formula is C17H19NO3. The molecule has 21 heavy (non-hydrogen) atoms. The third-order valence-corrected chi connectivity index (χ3v) is 4.91. The predicted octanol–water partition coefficient (Wildman–Crippen LogP) is 3.88. The van der Waals surface area contributed by atoms with Crippen molar-refractivity contribution < 1.29 is 13.9 Å². The first-order valence-corrected chi connectivity index (χ1v) is 7.41. The molecule has 1 aliphatic carbocycles. The molecule has 1 aliphatic rings. The molecule has 4 rings (SSSR count). The van der Waals surface area contributed by atoms with E-state index < -0.39 is 0 Å². The fraction of sp³-hybridized carbons (Fsp3) is 0.412. The van der Waals surface area contributed by atoms with Crippen LogP contribution in [0.1, 0.15) is 36.3 Å². The molecule has 1 aromatic carbocycles. The third-order valence-electron chi connectivity index (χ3n) is 4.91. The number of nitrogens with two attached hydrogens (primary N) is 1. The highest BCUT2D eigenvalue weighted by Gasteiger charge is 2.42. The minimum absolute atomic E-state index is 0.0508. The summed E-state index contributed by atoms with van der Waals surface area (Å²) in [5.74, 6) is 1.75. The number of benzene rings is 1. The molecule has 3 aromatic rings. The maximum atomic E-state index is 10.5. The fourth-order valence-electron chi connectivity index (χ4n) is 3.68. The summed E-state index contributed by atoms with van der Waals surface area (Å²) < 4.78 is 11.7. The van der Waals surface area contributed by atoms with Crippen molar-refractivity contribution in [3.63, 3.8) is 0 Å². The molecule has 0 spiro atoms. The number of aromatic hydroxyl groups is 1. The first-order valence-electron chi connectivity index (χ1n) is 7.41. The number of fused-ring (bicyclic) bond motifs is 2. The first kappa shape index (κ1) is 12.8. The second kappa shape index (κ2) is 4.04. The van der Waals surface area contributed by atoms with Gasteiger partial charge in [0.05, 0.1) is 5.39 Å². The molecule has 1 fully saturated rings. The Labute approximate surface area is 122 Å². The Bertz CT molecular complexity index is 789. The van der Waals surface area contributed by atoms with Gasteiger partial charge in [-0.25, -0.2) is 0 Å². The summed E-state index contributed by atoms with van der Waals surface area (Å²) in [5, 5.41) is 12.2. The Kier molecular flexibility index (Phi) is 2.46. The van der Waals surface area contributed by atoms with Crippen molar-refractivity contribution in [1.82, 2.24) is 0 Å². The highest BCUT2D eigenvalue weighted by molar-refractivity contribution is 6.05. The van der Waals surface area contributed by atoms with Gasteiger partial charge in [0.25, 0.3) is 0 Å². The monoisotopic (exact) mass is 285 g/mol. The van der Waals surface area contributed by atoms with Gasteiger partial charge in [-0.1, -0.05) is 6.42 Å². The number of phenolic OH excluding ortho intramolecular Hbond substituents is 1. The largest absolute Gasteiger partial charge is 0.504 e. The summed E-state index contributed by atoms with van der Waals surface area (Å²) in [6.07, 6.45) is 3.29. The van der Waals surface area contributed by atoms with Crippen LogP contribution in [0.4, 0.5) is 0 Å². The lowest BCUT2D eigenvalue weighted by atomic mass is 9.63. The normalized spacial score (nSPS) is 17.5. The number of furan rings is 2. The van der Waals surface area contributed by atoms with E-state index in [9.17, 15) is 5.11 Å². The van der Waals surface area contributed by atoms with Gasteiger partial charge >= 0.3 is 0 Å². The summed E-state index contributed by atoms with van der Waals surface area (Å²) in [7, 11) is 0. The van der Waals surface area contributed by atoms with Crippen LogP contribution < -0.4 is 5.73 Å². The minimum atomic E-state index is -0.0508. The molecule has 4 heteroatoms. The molecule has 0 unspecified atom stereocenters. The van der Waals surface area contributed by atoms with E-state index in [0.29, 0.717) is 12.1 Å². The lowest BCUT2D eigenvalue weighted by molar-refractivity contribution is 0.255. The molecule has 4 nitrogen and oxygen atoms in total. The Morgan fingerprint density at radius 1 is 1.10 bits per heavy atom. The average molecular weight is 285 g/mol. The SMILES string of the molecule is Cc1cc2c(C3(CN)CCC3)c3oc(C)cc3c(O)c2o1. The van der Waals surface area contributed by atoms with Crippen molar-refractivity contribution in [2.45, 2.75) is 38.5 Å². The molecule has 0 amide bonds. The van der Waals surface area contributed by atoms with E-state index in [0.717, 1.165) is 46.3 Å². The number of hydrogen-bond acceptors (Lipinski definition) is 4. The van der Waals surface area contributed by atoms with E-state index in [1.165, 1.54) is 6.42 Å². The summed E-state index contributed by atoms with van der Waals surface area (Å²) in [4.78, 5) is 0. The van der Waals surface area contributed by atoms with Crippen molar-refractivity contribution in [3.05, 3.63) is 29.2 Å². The zero-order valence-electron chi connectivity index (χ0n) is 12.3. The Balaban J connectivity index is 2.20. The van der Waals surface area contributed by atoms with Gasteiger partial charge in [0.15, 0.2) is 11.3 Å². The van der Waals surface area contributed by atoms with E-state index in [1.54, 1.807) is 0 Å². The molecule has 0 saturated heterocycles. The Morgan fingerprint density at radius 3 is 2.29 bits per heavy atom. The number of rotatable bonds is 2. The quantitative estimate of drug-likeness (QED) is 0.749. The highest BCUT2D eigenvalue weighted by atomic mass is 16.4. The van der Waals surface area contributed by atoms with E-state index >= 15 is 0 Å². The van der Waals surface area contributed by atoms with Gasteiger partial charge in [0, 0.05) is 22.9 Å². The Morgan fingerprint density at radius 2 is 1.71 bits per heavy atom. The number of phenols is 1. The minimum Gasteiger partial charge on any atom is -0.504 e. The smallest absolute Gasteiger partial charge is 0.177 e. The second-order valence-electron chi connectivity index (χ2n) is 6.26. The van der Waals surface area contributed by atoms with E-state index in [-0.39, 0.29) is 11.2 Å². The fourth-order valence-corrected chi connectivity index (χ4v) is 3.68. The highest BCUT2D eigenvalue weighted by Crippen LogP contribution is 2.51. The molecule has 0 atom stereocenters. The zero-order chi connectivity index (χ0) is 14.8. The van der Waals surface area contributed by atoms with Crippen LogP contribution in [0.2, 0.25) is 0 Å². The topological polar surface area (TPSA) is 72.5 Å². The van der Waals surface area contributed by atoms with Gasteiger partial charge < -0.3 is 19.7 Å². The molecule has 110 valence electrons. The second-order valence-corrected chi connectivity index (χ2v) is 6.26. The van der Waals surface area contributed by atoms with Crippen LogP contribution in [-0.4, -0.2) is 11.7 Å². The lowest BCUT2D eigenvalue weighted by Gasteiger charge is -2.41. The molecule has 0 bridgehead atoms. The van der Waals surface area contributed by atoms with Gasteiger partial charge in [-0.2, -0.15) is 0 Å². The van der Waals surface area contributed by atoms with Crippen LogP contribution in [0.3, 0.4) is 0 Å². The molecule has 1 saturated carbocycles. The van der Waals surface area contributed by atoms with Crippen LogP contribution in [0.5, 0.6) is 5.75 Å². The molecule has 3 N–H and O–H groups in total. The van der Waals surface area contributed by atoms with Gasteiger partial charge in [-0.3, -0.25) is 0 Å². The maximum Gasteiger partial charge on any atom is 0.177 e. The maximum absolute atomic E-state index is 10.5. The van der Waals surface area contributed by atoms with E-state index in [1.807, 2.05) is 26.0 Å². The van der Waals surface area contributed by atoms with Gasteiger partial charge in [-0.05, 0) is 38.8 Å². The zero-order valence-corrected chi connectivity index (χ0v) is 12.3. The van der Waals surface area contributed by atoms with Crippen LogP contribution in [0.25, 0.3) is 21.9 Å². The van der Waals surface area contributed by atoms with Crippen molar-refractivity contribution in [2.75, 3.05) is 6.54 Å². The van der Waals surface area contributed by atoms with Crippen LogP contribution in [0.15, 0.2) is 21.0 Å². The van der Waals surface area contributed by atoms with E-state index in [2.05, 4.69) is 0 Å². The predicted molar refractivity (Wildman–Crippen MR) is 81.7 cm³/mol. The van der Waals surface area contributed by atoms with Crippen LogP contribution in [0, 0.1) is 13.8 Å². The molecule has 2 aromatic heterocycles. The number of hydrogen-bond donors (Lipinski definition) is 2. The van der Waals surface area contributed by atoms with Crippen LogP contribution in [-0.2, 0) is 5.41 Å². The van der Waals surface area contributed by atoms with Gasteiger partial charge in [0.1, 0.15) is 17.1 Å². The van der Waals surface area contributed by atoms with Crippen molar-refractivity contribution in [1.29, 1.82) is 0 Å². The molecule has 0 aliphatic heterocycles. The van der Waals surface area contributed by atoms with Crippen molar-refractivity contribution >= 4 is 21.9 Å². The van der Waals surface area contributed by atoms with Gasteiger partial charge in [0.2, 0.25) is 0 Å².